The van der Waals surface area contributed by atoms with Gasteiger partial charge in [-0.05, 0) is 24.5 Å². The van der Waals surface area contributed by atoms with Crippen LogP contribution in [0.4, 0.5) is 0 Å². The average Bonchev–Trinajstić information content (AvgIpc) is 2.83. The molecule has 1 aromatic heterocycles. The first-order valence-electron chi connectivity index (χ1n) is 6.07. The third-order valence-corrected chi connectivity index (χ3v) is 3.67. The van der Waals surface area contributed by atoms with E-state index in [1.165, 1.54) is 0 Å². The van der Waals surface area contributed by atoms with Crippen molar-refractivity contribution in [2.24, 2.45) is 5.92 Å². The Bertz CT molecular complexity index is 520. The number of para-hydroxylation sites is 1. The second-order valence-electron chi connectivity index (χ2n) is 4.74. The van der Waals surface area contributed by atoms with Crippen molar-refractivity contribution >= 4 is 0 Å². The molecule has 2 aromatic rings. The van der Waals surface area contributed by atoms with Gasteiger partial charge < -0.3 is 5.11 Å². The first-order valence-corrected chi connectivity index (χ1v) is 6.07. The second-order valence-corrected chi connectivity index (χ2v) is 4.74. The van der Waals surface area contributed by atoms with E-state index in [4.69, 9.17) is 0 Å². The first-order chi connectivity index (χ1) is 8.24. The summed E-state index contributed by atoms with van der Waals surface area (Å²) in [5, 5.41) is 14.7. The molecule has 1 fully saturated rings. The summed E-state index contributed by atoms with van der Waals surface area (Å²) in [4.78, 5) is 0. The minimum absolute atomic E-state index is 0.399. The molecule has 0 aliphatic heterocycles. The van der Waals surface area contributed by atoms with Gasteiger partial charge in [0.1, 0.15) is 0 Å². The van der Waals surface area contributed by atoms with Crippen molar-refractivity contribution in [2.45, 2.75) is 25.4 Å². The topological polar surface area (TPSA) is 38.1 Å². The van der Waals surface area contributed by atoms with E-state index in [9.17, 15) is 5.11 Å². The zero-order valence-electron chi connectivity index (χ0n) is 9.87. The Labute approximate surface area is 101 Å². The molecule has 2 unspecified atom stereocenters. The number of aliphatic hydroxyl groups is 1. The summed E-state index contributed by atoms with van der Waals surface area (Å²) in [6.45, 7) is 2.12. The average molecular weight is 228 g/mol. The molecule has 3 heteroatoms. The predicted molar refractivity (Wildman–Crippen MR) is 65.9 cm³/mol. The van der Waals surface area contributed by atoms with E-state index < -0.39 is 5.60 Å². The van der Waals surface area contributed by atoms with Gasteiger partial charge >= 0.3 is 0 Å². The van der Waals surface area contributed by atoms with Crippen LogP contribution >= 0.6 is 0 Å². The van der Waals surface area contributed by atoms with E-state index in [0.717, 1.165) is 24.1 Å². The van der Waals surface area contributed by atoms with Crippen LogP contribution in [0, 0.1) is 5.92 Å². The monoisotopic (exact) mass is 228 g/mol. The fourth-order valence-corrected chi connectivity index (χ4v) is 2.42. The molecular weight excluding hydrogens is 212 g/mol. The van der Waals surface area contributed by atoms with Gasteiger partial charge in [0.25, 0.3) is 0 Å². The van der Waals surface area contributed by atoms with E-state index in [1.54, 1.807) is 6.20 Å². The Morgan fingerprint density at radius 1 is 1.41 bits per heavy atom. The molecule has 0 amide bonds. The Kier molecular flexibility index (Phi) is 2.30. The van der Waals surface area contributed by atoms with Crippen LogP contribution in [-0.2, 0) is 5.60 Å². The van der Waals surface area contributed by atoms with Crippen molar-refractivity contribution in [3.05, 3.63) is 48.3 Å². The highest BCUT2D eigenvalue weighted by atomic mass is 16.3. The highest BCUT2D eigenvalue weighted by Crippen LogP contribution is 2.53. The highest BCUT2D eigenvalue weighted by molar-refractivity contribution is 5.33. The molecule has 88 valence electrons. The number of nitrogens with zero attached hydrogens (tertiary/aromatic N) is 2. The summed E-state index contributed by atoms with van der Waals surface area (Å²) in [6, 6.07) is 9.96. The van der Waals surface area contributed by atoms with Crippen molar-refractivity contribution < 1.29 is 5.11 Å². The fourth-order valence-electron chi connectivity index (χ4n) is 2.42. The number of hydrogen-bond acceptors (Lipinski definition) is 2. The lowest BCUT2D eigenvalue weighted by Crippen LogP contribution is -2.07. The number of rotatable bonds is 3. The molecule has 1 aliphatic carbocycles. The zero-order chi connectivity index (χ0) is 11.9. The van der Waals surface area contributed by atoms with Gasteiger partial charge in [0.2, 0.25) is 0 Å². The fraction of sp³-hybridized carbons (Fsp3) is 0.357. The van der Waals surface area contributed by atoms with Crippen LogP contribution in [0.2, 0.25) is 0 Å². The molecule has 0 radical (unpaired) electrons. The lowest BCUT2D eigenvalue weighted by molar-refractivity contribution is 0.130. The molecule has 17 heavy (non-hydrogen) atoms. The van der Waals surface area contributed by atoms with Crippen LogP contribution in [0.3, 0.4) is 0 Å². The van der Waals surface area contributed by atoms with E-state index in [-0.39, 0.29) is 0 Å². The molecule has 1 N–H and O–H groups in total. The van der Waals surface area contributed by atoms with E-state index >= 15 is 0 Å². The molecule has 0 bridgehead atoms. The highest BCUT2D eigenvalue weighted by Gasteiger charge is 2.53. The smallest absolute Gasteiger partial charge is 0.0959 e. The Hall–Kier alpha value is -1.61. The maximum absolute atomic E-state index is 10.4. The largest absolute Gasteiger partial charge is 0.385 e. The Balaban J connectivity index is 1.90. The summed E-state index contributed by atoms with van der Waals surface area (Å²) in [6.07, 6.45) is 5.60. The predicted octanol–water partition coefficient (Wildman–Crippen LogP) is 2.49. The molecule has 0 saturated heterocycles. The van der Waals surface area contributed by atoms with E-state index in [1.807, 2.05) is 41.2 Å². The molecule has 1 saturated carbocycles. The van der Waals surface area contributed by atoms with Crippen LogP contribution in [0.25, 0.3) is 5.69 Å². The second kappa shape index (κ2) is 3.70. The van der Waals surface area contributed by atoms with Gasteiger partial charge in [-0.15, -0.1) is 0 Å². The SMILES string of the molecule is CCC1CC1(O)c1cnn(-c2ccccc2)c1. The first kappa shape index (κ1) is 10.5. The van der Waals surface area contributed by atoms with Gasteiger partial charge in [0.05, 0.1) is 17.5 Å². The van der Waals surface area contributed by atoms with Crippen molar-refractivity contribution in [1.82, 2.24) is 9.78 Å². The maximum Gasteiger partial charge on any atom is 0.0959 e. The number of benzene rings is 1. The summed E-state index contributed by atoms with van der Waals surface area (Å²) < 4.78 is 1.82. The molecule has 1 aliphatic rings. The number of hydrogen-bond donors (Lipinski definition) is 1. The standard InChI is InChI=1S/C14H16N2O/c1-2-11-8-14(11,17)12-9-15-16(10-12)13-6-4-3-5-7-13/h3-7,9-11,17H,2,8H2,1H3. The lowest BCUT2D eigenvalue weighted by atomic mass is 10.1. The lowest BCUT2D eigenvalue weighted by Gasteiger charge is -2.06. The Morgan fingerprint density at radius 2 is 2.18 bits per heavy atom. The van der Waals surface area contributed by atoms with Crippen LogP contribution in [0.1, 0.15) is 25.3 Å². The van der Waals surface area contributed by atoms with E-state index in [0.29, 0.717) is 5.92 Å². The van der Waals surface area contributed by atoms with E-state index in [2.05, 4.69) is 12.0 Å². The summed E-state index contributed by atoms with van der Waals surface area (Å²) in [7, 11) is 0. The maximum atomic E-state index is 10.4. The van der Waals surface area contributed by atoms with Crippen LogP contribution in [0.15, 0.2) is 42.7 Å². The van der Waals surface area contributed by atoms with Crippen molar-refractivity contribution in [3.63, 3.8) is 0 Å². The number of aromatic nitrogens is 2. The summed E-state index contributed by atoms with van der Waals surface area (Å²) >= 11 is 0. The van der Waals surface area contributed by atoms with Crippen LogP contribution in [-0.4, -0.2) is 14.9 Å². The molecule has 2 atom stereocenters. The third-order valence-electron chi connectivity index (χ3n) is 3.67. The van der Waals surface area contributed by atoms with Crippen molar-refractivity contribution in [3.8, 4) is 5.69 Å². The van der Waals surface area contributed by atoms with Gasteiger partial charge in [0.15, 0.2) is 0 Å². The molecule has 1 heterocycles. The van der Waals surface area contributed by atoms with Gasteiger partial charge in [-0.25, -0.2) is 4.68 Å². The van der Waals surface area contributed by atoms with Gasteiger partial charge in [0, 0.05) is 11.8 Å². The molecule has 0 spiro atoms. The molecule has 3 rings (SSSR count). The molecule has 3 nitrogen and oxygen atoms in total. The quantitative estimate of drug-likeness (QED) is 0.876. The Morgan fingerprint density at radius 3 is 2.82 bits per heavy atom. The molecule has 1 aromatic carbocycles. The minimum Gasteiger partial charge on any atom is -0.385 e. The zero-order valence-corrected chi connectivity index (χ0v) is 9.87. The van der Waals surface area contributed by atoms with Gasteiger partial charge in [-0.1, -0.05) is 31.5 Å². The van der Waals surface area contributed by atoms with Gasteiger partial charge in [-0.2, -0.15) is 5.10 Å². The van der Waals surface area contributed by atoms with Crippen LogP contribution < -0.4 is 0 Å². The van der Waals surface area contributed by atoms with Crippen molar-refractivity contribution in [1.29, 1.82) is 0 Å². The van der Waals surface area contributed by atoms with Crippen molar-refractivity contribution in [2.75, 3.05) is 0 Å². The minimum atomic E-state index is -0.623. The molecular formula is C14H16N2O. The van der Waals surface area contributed by atoms with Gasteiger partial charge in [-0.3, -0.25) is 0 Å². The normalized spacial score (nSPS) is 27.1. The summed E-state index contributed by atoms with van der Waals surface area (Å²) in [5.41, 5.74) is 1.34. The third kappa shape index (κ3) is 1.67. The van der Waals surface area contributed by atoms with Crippen LogP contribution in [0.5, 0.6) is 0 Å². The summed E-state index contributed by atoms with van der Waals surface area (Å²) in [5.74, 6) is 0.399.